The molecular formula is C38H39ClN8O7. The van der Waals surface area contributed by atoms with E-state index >= 15 is 0 Å². The molecule has 15 nitrogen and oxygen atoms in total. The van der Waals surface area contributed by atoms with E-state index in [9.17, 15) is 24.0 Å². The summed E-state index contributed by atoms with van der Waals surface area (Å²) in [6.45, 7) is 4.35. The molecule has 54 heavy (non-hydrogen) atoms. The quantitative estimate of drug-likeness (QED) is 0.222. The molecule has 2 N–H and O–H groups in total. The minimum atomic E-state index is -1.07. The molecule has 0 spiro atoms. The number of hydrogen-bond donors (Lipinski definition) is 1. The first-order valence-electron chi connectivity index (χ1n) is 18.1. The number of primary amides is 1. The van der Waals surface area contributed by atoms with Gasteiger partial charge in [-0.05, 0) is 68.9 Å². The van der Waals surface area contributed by atoms with E-state index in [0.29, 0.717) is 60.2 Å². The Morgan fingerprint density at radius 1 is 0.889 bits per heavy atom. The number of benzene rings is 2. The number of nitriles is 1. The van der Waals surface area contributed by atoms with Gasteiger partial charge in [0.2, 0.25) is 5.91 Å². The topological polar surface area (TPSA) is 192 Å². The van der Waals surface area contributed by atoms with Gasteiger partial charge in [0.25, 0.3) is 23.6 Å². The molecule has 4 aliphatic rings. The highest BCUT2D eigenvalue weighted by Gasteiger charge is 2.49. The lowest BCUT2D eigenvalue weighted by Gasteiger charge is -2.41. The van der Waals surface area contributed by atoms with Crippen molar-refractivity contribution in [3.8, 4) is 17.6 Å². The van der Waals surface area contributed by atoms with Crippen LogP contribution in [0.4, 0.5) is 5.82 Å². The molecule has 4 heterocycles. The summed E-state index contributed by atoms with van der Waals surface area (Å²) in [7, 11) is 0. The van der Waals surface area contributed by atoms with Crippen LogP contribution in [0.25, 0.3) is 0 Å². The Balaban J connectivity index is 0.893. The Morgan fingerprint density at radius 2 is 1.63 bits per heavy atom. The molecule has 5 amide bonds. The van der Waals surface area contributed by atoms with Gasteiger partial charge in [0.15, 0.2) is 0 Å². The molecule has 7 rings (SSSR count). The fourth-order valence-electron chi connectivity index (χ4n) is 7.59. The van der Waals surface area contributed by atoms with Gasteiger partial charge in [-0.2, -0.15) is 5.26 Å². The summed E-state index contributed by atoms with van der Waals surface area (Å²) in [5, 5.41) is 9.43. The second kappa shape index (κ2) is 15.8. The van der Waals surface area contributed by atoms with Crippen LogP contribution in [0.1, 0.15) is 81.7 Å². The molecule has 16 heteroatoms. The molecule has 2 aromatic carbocycles. The van der Waals surface area contributed by atoms with Gasteiger partial charge < -0.3 is 20.1 Å². The van der Waals surface area contributed by atoms with Crippen molar-refractivity contribution >= 4 is 47.0 Å². The Labute approximate surface area is 316 Å². The van der Waals surface area contributed by atoms with E-state index in [0.717, 1.165) is 44.0 Å². The van der Waals surface area contributed by atoms with E-state index in [2.05, 4.69) is 19.8 Å². The number of piperidine rings is 1. The van der Waals surface area contributed by atoms with Crippen LogP contribution in [0.2, 0.25) is 5.02 Å². The van der Waals surface area contributed by atoms with Crippen LogP contribution in [0.3, 0.4) is 0 Å². The number of nitrogens with two attached hydrogens (primary N) is 1. The maximum Gasteiger partial charge on any atom is 0.268 e. The summed E-state index contributed by atoms with van der Waals surface area (Å²) in [5.74, 6) is -0.886. The highest BCUT2D eigenvalue weighted by atomic mass is 35.5. The van der Waals surface area contributed by atoms with Gasteiger partial charge in [-0.25, -0.2) is 9.97 Å². The number of carbonyl (C=O) groups is 5. The number of amides is 5. The standard InChI is InChI=1S/C38H39ClN8O7/c39-30-19-27(5-2-23(30)20-40)54-25-6-3-24(4-7-25)46-34(48)11-10-32(38(46)52)47-36(50)28-9-8-26(18-29(28)37(47)51)53-17-1-12-44-13-15-45(16-14-44)33-22-42-31(21-43-33)35(41)49/h2,5,8-9,18-19,21-22,24-25,32H,1,3-4,6-7,10-17H2,(H2,41,49). The van der Waals surface area contributed by atoms with Gasteiger partial charge >= 0.3 is 0 Å². The summed E-state index contributed by atoms with van der Waals surface area (Å²) >= 11 is 6.15. The highest BCUT2D eigenvalue weighted by Crippen LogP contribution is 2.35. The van der Waals surface area contributed by atoms with Crippen molar-refractivity contribution in [1.82, 2.24) is 24.7 Å². The number of hydrogen-bond acceptors (Lipinski definition) is 12. The first-order chi connectivity index (χ1) is 26.1. The lowest BCUT2D eigenvalue weighted by atomic mass is 9.89. The molecule has 3 aromatic rings. The largest absolute Gasteiger partial charge is 0.494 e. The molecule has 1 unspecified atom stereocenters. The molecule has 1 aromatic heterocycles. The molecule has 280 valence electrons. The molecule has 0 bridgehead atoms. The zero-order chi connectivity index (χ0) is 37.9. The molecule has 3 aliphatic heterocycles. The summed E-state index contributed by atoms with van der Waals surface area (Å²) in [4.78, 5) is 80.5. The summed E-state index contributed by atoms with van der Waals surface area (Å²) in [6.07, 6.45) is 5.85. The van der Waals surface area contributed by atoms with Gasteiger partial charge in [0.1, 0.15) is 35.1 Å². The summed E-state index contributed by atoms with van der Waals surface area (Å²) < 4.78 is 12.1. The molecule has 1 atom stereocenters. The lowest BCUT2D eigenvalue weighted by Crippen LogP contribution is -2.59. The zero-order valence-corrected chi connectivity index (χ0v) is 30.2. The fourth-order valence-corrected chi connectivity index (χ4v) is 7.80. The van der Waals surface area contributed by atoms with E-state index < -0.39 is 29.7 Å². The van der Waals surface area contributed by atoms with Crippen molar-refractivity contribution in [1.29, 1.82) is 5.26 Å². The van der Waals surface area contributed by atoms with Gasteiger partial charge in [-0.15, -0.1) is 0 Å². The number of nitrogens with zero attached hydrogens (tertiary/aromatic N) is 7. The highest BCUT2D eigenvalue weighted by molar-refractivity contribution is 6.31. The van der Waals surface area contributed by atoms with Crippen LogP contribution in [0, 0.1) is 11.3 Å². The van der Waals surface area contributed by atoms with Crippen LogP contribution in [-0.4, -0.2) is 112 Å². The molecule has 3 fully saturated rings. The summed E-state index contributed by atoms with van der Waals surface area (Å²) in [5.41, 5.74) is 6.12. The first-order valence-corrected chi connectivity index (χ1v) is 18.4. The number of rotatable bonds is 11. The molecule has 1 saturated carbocycles. The Bertz CT molecular complexity index is 2010. The lowest BCUT2D eigenvalue weighted by molar-refractivity contribution is -0.155. The number of anilines is 1. The first kappa shape index (κ1) is 36.8. The molecule has 2 saturated heterocycles. The fraction of sp³-hybridized carbons (Fsp3) is 0.421. The third-order valence-electron chi connectivity index (χ3n) is 10.5. The van der Waals surface area contributed by atoms with Crippen molar-refractivity contribution in [2.24, 2.45) is 5.73 Å². The van der Waals surface area contributed by atoms with E-state index in [1.807, 2.05) is 6.07 Å². The molecular weight excluding hydrogens is 716 g/mol. The van der Waals surface area contributed by atoms with Crippen LogP contribution in [0.5, 0.6) is 11.5 Å². The van der Waals surface area contributed by atoms with E-state index in [1.165, 1.54) is 11.1 Å². The number of ether oxygens (including phenoxy) is 2. The maximum atomic E-state index is 13.9. The average molecular weight is 755 g/mol. The number of fused-ring (bicyclic) bond motifs is 1. The monoisotopic (exact) mass is 754 g/mol. The minimum absolute atomic E-state index is 0.0472. The number of imide groups is 2. The number of likely N-dealkylation sites (tertiary alicyclic amines) is 1. The van der Waals surface area contributed by atoms with Crippen LogP contribution in [0.15, 0.2) is 48.8 Å². The molecule has 0 radical (unpaired) electrons. The van der Waals surface area contributed by atoms with E-state index in [1.54, 1.807) is 42.6 Å². The summed E-state index contributed by atoms with van der Waals surface area (Å²) in [6, 6.07) is 10.2. The van der Waals surface area contributed by atoms with Crippen LogP contribution in [-0.2, 0) is 9.59 Å². The number of halogens is 1. The predicted molar refractivity (Wildman–Crippen MR) is 194 cm³/mol. The zero-order valence-electron chi connectivity index (χ0n) is 29.5. The second-order valence-electron chi connectivity index (χ2n) is 13.8. The van der Waals surface area contributed by atoms with Crippen LogP contribution < -0.4 is 20.1 Å². The SMILES string of the molecule is N#Cc1ccc(OC2CCC(N3C(=O)CCC(N4C(=O)c5ccc(OCCCN6CCN(c7cnc(C(N)=O)cn7)CC6)cc5C4=O)C3=O)CC2)cc1Cl. The third kappa shape index (κ3) is 7.57. The van der Waals surface area contributed by atoms with Crippen molar-refractivity contribution in [3.63, 3.8) is 0 Å². The van der Waals surface area contributed by atoms with E-state index in [4.69, 9.17) is 32.1 Å². The normalized spacial score (nSPS) is 21.9. The number of piperazine rings is 1. The second-order valence-corrected chi connectivity index (χ2v) is 14.2. The van der Waals surface area contributed by atoms with E-state index in [-0.39, 0.29) is 47.7 Å². The van der Waals surface area contributed by atoms with Gasteiger partial charge in [0, 0.05) is 51.3 Å². The van der Waals surface area contributed by atoms with Crippen molar-refractivity contribution < 1.29 is 33.4 Å². The number of aromatic nitrogens is 2. The Morgan fingerprint density at radius 3 is 2.31 bits per heavy atom. The van der Waals surface area contributed by atoms with Crippen LogP contribution >= 0.6 is 11.6 Å². The predicted octanol–water partition coefficient (Wildman–Crippen LogP) is 3.20. The van der Waals surface area contributed by atoms with Crippen molar-refractivity contribution in [2.45, 2.75) is 63.1 Å². The molecule has 1 aliphatic carbocycles. The van der Waals surface area contributed by atoms with Gasteiger partial charge in [0.05, 0.1) is 46.8 Å². The Hall–Kier alpha value is -5.59. The van der Waals surface area contributed by atoms with Gasteiger partial charge in [-0.1, -0.05) is 11.6 Å². The minimum Gasteiger partial charge on any atom is -0.494 e. The van der Waals surface area contributed by atoms with Gasteiger partial charge in [-0.3, -0.25) is 38.7 Å². The average Bonchev–Trinajstić information content (AvgIpc) is 3.42. The third-order valence-corrected chi connectivity index (χ3v) is 10.8. The van der Waals surface area contributed by atoms with Crippen molar-refractivity contribution in [2.75, 3.05) is 44.2 Å². The maximum absolute atomic E-state index is 13.9. The number of carbonyl (C=O) groups excluding carboxylic acids is 5. The smallest absolute Gasteiger partial charge is 0.268 e. The Kier molecular flexibility index (Phi) is 10.7. The van der Waals surface area contributed by atoms with Crippen molar-refractivity contribution in [3.05, 3.63) is 76.2 Å².